The summed E-state index contributed by atoms with van der Waals surface area (Å²) in [4.78, 5) is 23.9. The van der Waals surface area contributed by atoms with Crippen LogP contribution in [0.3, 0.4) is 0 Å². The molecule has 2 saturated carbocycles. The zero-order valence-electron chi connectivity index (χ0n) is 19.1. The molecule has 34 heavy (non-hydrogen) atoms. The molecule has 182 valence electrons. The Morgan fingerprint density at radius 3 is 2.44 bits per heavy atom. The third-order valence-corrected chi connectivity index (χ3v) is 7.08. The first kappa shape index (κ1) is 22.7. The standard InChI is InChI=1S/C23H26F3N5O3/c1-11-18-20(31(2)19(21(32)29-18)23(33-3)5-4-6-23)30-22(27-11)28-12-7-13(8-12)34-14-9-15(24)17(26)16(25)10-14/h9-10,12-13,19H,4-8H2,1-3H3,(H,29,32)(H,27,28,30)/t12?,13?,19-/m1/s1. The summed E-state index contributed by atoms with van der Waals surface area (Å²) in [5, 5.41) is 6.21. The predicted molar refractivity (Wildman–Crippen MR) is 119 cm³/mol. The van der Waals surface area contributed by atoms with E-state index in [2.05, 4.69) is 20.6 Å². The average molecular weight is 477 g/mol. The summed E-state index contributed by atoms with van der Waals surface area (Å²) >= 11 is 0. The van der Waals surface area contributed by atoms with Crippen LogP contribution in [0.5, 0.6) is 5.75 Å². The van der Waals surface area contributed by atoms with Gasteiger partial charge in [-0.25, -0.2) is 18.2 Å². The van der Waals surface area contributed by atoms with Gasteiger partial charge in [-0.1, -0.05) is 0 Å². The Kier molecular flexibility index (Phi) is 5.54. The molecule has 2 fully saturated rings. The van der Waals surface area contributed by atoms with Gasteiger partial charge in [-0.05, 0) is 26.2 Å². The number of nitrogens with one attached hydrogen (secondary N) is 2. The topological polar surface area (TPSA) is 88.6 Å². The fourth-order valence-electron chi connectivity index (χ4n) is 4.97. The van der Waals surface area contributed by atoms with E-state index in [1.54, 1.807) is 14.0 Å². The summed E-state index contributed by atoms with van der Waals surface area (Å²) in [7, 11) is 3.48. The molecule has 2 heterocycles. The number of rotatable bonds is 6. The molecule has 0 spiro atoms. The zero-order valence-corrected chi connectivity index (χ0v) is 19.1. The molecule has 2 aromatic rings. The zero-order chi connectivity index (χ0) is 24.2. The Labute approximate surface area is 194 Å². The van der Waals surface area contributed by atoms with Crippen molar-refractivity contribution in [2.75, 3.05) is 29.7 Å². The monoisotopic (exact) mass is 477 g/mol. The number of amides is 1. The number of aryl methyl sites for hydroxylation is 1. The van der Waals surface area contributed by atoms with Crippen LogP contribution in [0.4, 0.5) is 30.6 Å². The largest absolute Gasteiger partial charge is 0.490 e. The number of fused-ring (bicyclic) bond motifs is 1. The third-order valence-electron chi connectivity index (χ3n) is 7.08. The molecule has 1 amide bonds. The van der Waals surface area contributed by atoms with Crippen molar-refractivity contribution in [2.24, 2.45) is 0 Å². The lowest BCUT2D eigenvalue weighted by atomic mass is 9.73. The number of nitrogens with zero attached hydrogens (tertiary/aromatic N) is 3. The molecule has 2 N–H and O–H groups in total. The van der Waals surface area contributed by atoms with Gasteiger partial charge < -0.3 is 25.0 Å². The molecule has 3 aliphatic rings. The van der Waals surface area contributed by atoms with Crippen LogP contribution in [-0.2, 0) is 9.53 Å². The minimum absolute atomic E-state index is 0.00572. The van der Waals surface area contributed by atoms with Gasteiger partial charge in [0.25, 0.3) is 0 Å². The first-order valence-corrected chi connectivity index (χ1v) is 11.3. The number of halogens is 3. The number of benzene rings is 1. The van der Waals surface area contributed by atoms with Crippen LogP contribution in [0.15, 0.2) is 12.1 Å². The molecule has 0 bridgehead atoms. The summed E-state index contributed by atoms with van der Waals surface area (Å²) in [6.45, 7) is 1.81. The average Bonchev–Trinajstić information content (AvgIpc) is 2.73. The lowest BCUT2D eigenvalue weighted by Crippen LogP contribution is -2.64. The number of methoxy groups -OCH3 is 1. The highest BCUT2D eigenvalue weighted by Crippen LogP contribution is 2.44. The molecule has 1 aromatic heterocycles. The van der Waals surface area contributed by atoms with E-state index < -0.39 is 29.1 Å². The number of hydrogen-bond donors (Lipinski definition) is 2. The number of carbonyl (C=O) groups excluding carboxylic acids is 1. The SMILES string of the molecule is COC1([C@H]2C(=O)Nc3c(C)nc(NC4CC(Oc5cc(F)c(F)c(F)c5)C4)nc3N2C)CCC1. The molecule has 2 aliphatic carbocycles. The van der Waals surface area contributed by atoms with E-state index >= 15 is 0 Å². The fraction of sp³-hybridized carbons (Fsp3) is 0.522. The van der Waals surface area contributed by atoms with E-state index in [4.69, 9.17) is 9.47 Å². The summed E-state index contributed by atoms with van der Waals surface area (Å²) in [5.41, 5.74) is 0.687. The van der Waals surface area contributed by atoms with Gasteiger partial charge in [-0.2, -0.15) is 4.98 Å². The van der Waals surface area contributed by atoms with E-state index in [0.29, 0.717) is 36.0 Å². The second kappa shape index (κ2) is 8.30. The van der Waals surface area contributed by atoms with Crippen molar-refractivity contribution in [1.29, 1.82) is 0 Å². The van der Waals surface area contributed by atoms with Crippen LogP contribution >= 0.6 is 0 Å². The van der Waals surface area contributed by atoms with Crippen LogP contribution in [-0.4, -0.2) is 53.8 Å². The molecule has 0 saturated heterocycles. The van der Waals surface area contributed by atoms with Crippen molar-refractivity contribution in [3.8, 4) is 5.75 Å². The van der Waals surface area contributed by atoms with Crippen molar-refractivity contribution < 1.29 is 27.4 Å². The molecular weight excluding hydrogens is 451 g/mol. The number of carbonyl (C=O) groups is 1. The second-order valence-electron chi connectivity index (χ2n) is 9.21. The van der Waals surface area contributed by atoms with Crippen molar-refractivity contribution in [3.63, 3.8) is 0 Å². The highest BCUT2D eigenvalue weighted by Gasteiger charge is 2.52. The van der Waals surface area contributed by atoms with Gasteiger partial charge >= 0.3 is 0 Å². The summed E-state index contributed by atoms with van der Waals surface area (Å²) < 4.78 is 51.2. The van der Waals surface area contributed by atoms with Crippen molar-refractivity contribution >= 4 is 23.4 Å². The Morgan fingerprint density at radius 2 is 1.85 bits per heavy atom. The van der Waals surface area contributed by atoms with Crippen LogP contribution in [0.1, 0.15) is 37.8 Å². The molecule has 5 rings (SSSR count). The van der Waals surface area contributed by atoms with Crippen molar-refractivity contribution in [1.82, 2.24) is 9.97 Å². The lowest BCUT2D eigenvalue weighted by molar-refractivity contribution is -0.135. The van der Waals surface area contributed by atoms with E-state index in [0.717, 1.165) is 31.4 Å². The molecule has 0 unspecified atom stereocenters. The Balaban J connectivity index is 1.27. The minimum Gasteiger partial charge on any atom is -0.490 e. The van der Waals surface area contributed by atoms with Gasteiger partial charge in [0.1, 0.15) is 23.6 Å². The summed E-state index contributed by atoms with van der Waals surface area (Å²) in [5.74, 6) is -3.23. The normalized spacial score (nSPS) is 25.1. The van der Waals surface area contributed by atoms with E-state index in [-0.39, 0.29) is 23.8 Å². The molecule has 1 aromatic carbocycles. The van der Waals surface area contributed by atoms with Crippen molar-refractivity contribution in [3.05, 3.63) is 35.3 Å². The Morgan fingerprint density at radius 1 is 1.18 bits per heavy atom. The van der Waals surface area contributed by atoms with Gasteiger partial charge in [-0.15, -0.1) is 0 Å². The number of anilines is 3. The van der Waals surface area contributed by atoms with E-state index in [9.17, 15) is 18.0 Å². The predicted octanol–water partition coefficient (Wildman–Crippen LogP) is 3.55. The van der Waals surface area contributed by atoms with Gasteiger partial charge in [0, 0.05) is 45.2 Å². The second-order valence-corrected chi connectivity index (χ2v) is 9.21. The highest BCUT2D eigenvalue weighted by atomic mass is 19.2. The first-order chi connectivity index (χ1) is 16.2. The smallest absolute Gasteiger partial charge is 0.250 e. The van der Waals surface area contributed by atoms with Crippen LogP contribution in [0.2, 0.25) is 0 Å². The number of likely N-dealkylation sites (N-methyl/N-ethyl adjacent to an activating group) is 1. The van der Waals surface area contributed by atoms with Gasteiger partial charge in [0.2, 0.25) is 11.9 Å². The summed E-state index contributed by atoms with van der Waals surface area (Å²) in [6, 6.07) is 1.18. The lowest BCUT2D eigenvalue weighted by Gasteiger charge is -2.50. The number of ether oxygens (including phenoxy) is 2. The maximum Gasteiger partial charge on any atom is 0.250 e. The molecule has 11 heteroatoms. The Bertz CT molecular complexity index is 1110. The minimum atomic E-state index is -1.52. The van der Waals surface area contributed by atoms with Crippen LogP contribution in [0, 0.1) is 24.4 Å². The number of hydrogen-bond acceptors (Lipinski definition) is 7. The quantitative estimate of drug-likeness (QED) is 0.615. The number of aromatic nitrogens is 2. The molecule has 0 radical (unpaired) electrons. The summed E-state index contributed by atoms with van der Waals surface area (Å²) in [6.07, 6.45) is 3.47. The fourth-order valence-corrected chi connectivity index (χ4v) is 4.97. The van der Waals surface area contributed by atoms with Gasteiger partial charge in [0.05, 0.1) is 11.3 Å². The van der Waals surface area contributed by atoms with E-state index in [1.807, 2.05) is 11.9 Å². The van der Waals surface area contributed by atoms with Gasteiger partial charge in [-0.3, -0.25) is 4.79 Å². The highest BCUT2D eigenvalue weighted by molar-refractivity contribution is 6.04. The van der Waals surface area contributed by atoms with Crippen molar-refractivity contribution in [2.45, 2.75) is 62.8 Å². The maximum absolute atomic E-state index is 13.4. The van der Waals surface area contributed by atoms with Crippen LogP contribution in [0.25, 0.3) is 0 Å². The maximum atomic E-state index is 13.4. The first-order valence-electron chi connectivity index (χ1n) is 11.3. The third kappa shape index (κ3) is 3.71. The molecule has 1 aliphatic heterocycles. The van der Waals surface area contributed by atoms with Gasteiger partial charge in [0.15, 0.2) is 23.3 Å². The molecule has 1 atom stereocenters. The molecular formula is C23H26F3N5O3. The Hall–Kier alpha value is -3.08. The van der Waals surface area contributed by atoms with Crippen LogP contribution < -0.4 is 20.3 Å². The van der Waals surface area contributed by atoms with E-state index in [1.165, 1.54) is 0 Å². The molecule has 8 nitrogen and oxygen atoms in total.